The van der Waals surface area contributed by atoms with Gasteiger partial charge in [-0.2, -0.15) is 0 Å². The second-order valence-electron chi connectivity index (χ2n) is 7.63. The highest BCUT2D eigenvalue weighted by Gasteiger charge is 2.26. The fourth-order valence-electron chi connectivity index (χ4n) is 3.70. The van der Waals surface area contributed by atoms with E-state index in [0.717, 1.165) is 49.0 Å². The number of ether oxygens (including phenoxy) is 2. The van der Waals surface area contributed by atoms with Gasteiger partial charge in [0.15, 0.2) is 11.6 Å². The van der Waals surface area contributed by atoms with Gasteiger partial charge in [0, 0.05) is 44.3 Å². The predicted octanol–water partition coefficient (Wildman–Crippen LogP) is 4.23. The molecule has 31 heavy (non-hydrogen) atoms. The van der Waals surface area contributed by atoms with Gasteiger partial charge < -0.3 is 9.47 Å². The quantitative estimate of drug-likeness (QED) is 0.521. The van der Waals surface area contributed by atoms with Crippen LogP contribution in [0.1, 0.15) is 43.3 Å². The molecule has 1 N–H and O–H groups in total. The van der Waals surface area contributed by atoms with E-state index >= 15 is 0 Å². The minimum absolute atomic E-state index is 0.0488. The first kappa shape index (κ1) is 21.7. The van der Waals surface area contributed by atoms with Gasteiger partial charge in [0.25, 0.3) is 0 Å². The third-order valence-corrected chi connectivity index (χ3v) is 6.27. The lowest BCUT2D eigenvalue weighted by Gasteiger charge is -2.26. The summed E-state index contributed by atoms with van der Waals surface area (Å²) in [6.07, 6.45) is 5.25. The predicted molar refractivity (Wildman–Crippen MR) is 122 cm³/mol. The highest BCUT2D eigenvalue weighted by atomic mass is 32.2. The molecule has 164 valence electrons. The van der Waals surface area contributed by atoms with E-state index in [1.807, 2.05) is 37.5 Å². The normalized spacial score (nSPS) is 16.7. The van der Waals surface area contributed by atoms with E-state index in [1.54, 1.807) is 7.11 Å². The number of aromatic nitrogens is 5. The van der Waals surface area contributed by atoms with Crippen LogP contribution in [0.25, 0.3) is 11.4 Å². The summed E-state index contributed by atoms with van der Waals surface area (Å²) in [4.78, 5) is 8.87. The standard InChI is InChI=1S/C22H28N6O2S/c1-15-13-23-20(24-14-15)19(29-3)16(2)31-27-22-26-25-21(17-7-5-4-6-8-17)28(22)18-9-11-30-12-10-18/h4-8,13-14,16,18-19H,9-12H2,1-3H3,(H,26,27). The van der Waals surface area contributed by atoms with Crippen LogP contribution in [0, 0.1) is 6.92 Å². The van der Waals surface area contributed by atoms with Crippen LogP contribution in [0.15, 0.2) is 42.7 Å². The van der Waals surface area contributed by atoms with Crippen molar-refractivity contribution in [1.82, 2.24) is 24.7 Å². The number of aryl methyl sites for hydroxylation is 1. The minimum atomic E-state index is -0.244. The molecule has 0 saturated carbocycles. The second-order valence-corrected chi connectivity index (χ2v) is 8.81. The SMILES string of the molecule is COC(c1ncc(C)cn1)C(C)SNc1nnc(-c2ccccc2)n1C1CCOCC1. The van der Waals surface area contributed by atoms with Gasteiger partial charge >= 0.3 is 0 Å². The molecule has 0 radical (unpaired) electrons. The molecule has 1 aliphatic rings. The summed E-state index contributed by atoms with van der Waals surface area (Å²) >= 11 is 1.54. The Kier molecular flexibility index (Phi) is 7.16. The highest BCUT2D eigenvalue weighted by molar-refractivity contribution is 8.01. The van der Waals surface area contributed by atoms with Crippen LogP contribution in [0.2, 0.25) is 0 Å². The first-order valence-electron chi connectivity index (χ1n) is 10.5. The zero-order chi connectivity index (χ0) is 21.6. The van der Waals surface area contributed by atoms with Gasteiger partial charge in [0.1, 0.15) is 6.10 Å². The lowest BCUT2D eigenvalue weighted by Crippen LogP contribution is -2.22. The summed E-state index contributed by atoms with van der Waals surface area (Å²) in [7, 11) is 1.68. The Morgan fingerprint density at radius 3 is 2.52 bits per heavy atom. The Hall–Kier alpha value is -2.49. The van der Waals surface area contributed by atoms with Crippen molar-refractivity contribution in [2.45, 2.75) is 44.1 Å². The fourth-order valence-corrected chi connectivity index (χ4v) is 4.49. The first-order chi connectivity index (χ1) is 15.2. The van der Waals surface area contributed by atoms with Crippen molar-refractivity contribution in [1.29, 1.82) is 0 Å². The average molecular weight is 441 g/mol. The van der Waals surface area contributed by atoms with E-state index in [-0.39, 0.29) is 17.4 Å². The van der Waals surface area contributed by atoms with E-state index in [0.29, 0.717) is 5.82 Å². The van der Waals surface area contributed by atoms with Crippen molar-refractivity contribution >= 4 is 17.9 Å². The molecule has 0 spiro atoms. The van der Waals surface area contributed by atoms with Crippen LogP contribution < -0.4 is 4.72 Å². The molecule has 2 unspecified atom stereocenters. The van der Waals surface area contributed by atoms with Crippen molar-refractivity contribution < 1.29 is 9.47 Å². The number of nitrogens with one attached hydrogen (secondary N) is 1. The van der Waals surface area contributed by atoms with Gasteiger partial charge in [0.2, 0.25) is 5.95 Å². The smallest absolute Gasteiger partial charge is 0.235 e. The molecule has 9 heteroatoms. The minimum Gasteiger partial charge on any atom is -0.381 e. The summed E-state index contributed by atoms with van der Waals surface area (Å²) in [5.74, 6) is 2.28. The molecular weight excluding hydrogens is 412 g/mol. The molecule has 2 atom stereocenters. The first-order valence-corrected chi connectivity index (χ1v) is 11.4. The third kappa shape index (κ3) is 5.06. The molecule has 1 aliphatic heterocycles. The summed E-state index contributed by atoms with van der Waals surface area (Å²) in [5, 5.41) is 9.04. The maximum Gasteiger partial charge on any atom is 0.235 e. The maximum absolute atomic E-state index is 5.70. The molecular formula is C22H28N6O2S. The molecule has 1 fully saturated rings. The molecule has 1 aromatic carbocycles. The van der Waals surface area contributed by atoms with E-state index in [9.17, 15) is 0 Å². The third-order valence-electron chi connectivity index (χ3n) is 5.36. The molecule has 0 bridgehead atoms. The van der Waals surface area contributed by atoms with Crippen molar-refractivity contribution in [2.24, 2.45) is 0 Å². The van der Waals surface area contributed by atoms with E-state index in [1.165, 1.54) is 11.9 Å². The fraction of sp³-hybridized carbons (Fsp3) is 0.455. The number of benzene rings is 1. The lowest BCUT2D eigenvalue weighted by atomic mass is 10.1. The van der Waals surface area contributed by atoms with Crippen LogP contribution in [0.5, 0.6) is 0 Å². The van der Waals surface area contributed by atoms with E-state index < -0.39 is 0 Å². The summed E-state index contributed by atoms with van der Waals surface area (Å²) in [6.45, 7) is 5.55. The van der Waals surface area contributed by atoms with E-state index in [4.69, 9.17) is 9.47 Å². The number of hydrogen-bond acceptors (Lipinski definition) is 8. The highest BCUT2D eigenvalue weighted by Crippen LogP contribution is 2.33. The van der Waals surface area contributed by atoms with Crippen LogP contribution in [-0.2, 0) is 9.47 Å². The van der Waals surface area contributed by atoms with Crippen molar-refractivity contribution in [3.8, 4) is 11.4 Å². The molecule has 0 amide bonds. The maximum atomic E-state index is 5.70. The van der Waals surface area contributed by atoms with Crippen LogP contribution in [-0.4, -0.2) is 50.3 Å². The number of hydrogen-bond donors (Lipinski definition) is 1. The van der Waals surface area contributed by atoms with Gasteiger partial charge in [-0.05, 0) is 44.2 Å². The van der Waals surface area contributed by atoms with Crippen LogP contribution >= 0.6 is 11.9 Å². The largest absolute Gasteiger partial charge is 0.381 e. The Bertz CT molecular complexity index is 960. The Balaban J connectivity index is 1.54. The summed E-state index contributed by atoms with van der Waals surface area (Å²) in [6, 6.07) is 10.5. The van der Waals surface area contributed by atoms with Crippen molar-refractivity contribution in [3.63, 3.8) is 0 Å². The Labute approximate surface area is 186 Å². The topological polar surface area (TPSA) is 87.0 Å². The second kappa shape index (κ2) is 10.2. The molecule has 4 rings (SSSR count). The van der Waals surface area contributed by atoms with Crippen molar-refractivity contribution in [3.05, 3.63) is 54.1 Å². The summed E-state index contributed by atoms with van der Waals surface area (Å²) in [5.41, 5.74) is 2.07. The van der Waals surface area contributed by atoms with Gasteiger partial charge in [-0.25, -0.2) is 9.97 Å². The van der Waals surface area contributed by atoms with Gasteiger partial charge in [-0.3, -0.25) is 9.29 Å². The molecule has 2 aromatic heterocycles. The molecule has 0 aliphatic carbocycles. The monoisotopic (exact) mass is 440 g/mol. The number of anilines is 1. The molecule has 8 nitrogen and oxygen atoms in total. The van der Waals surface area contributed by atoms with Crippen LogP contribution in [0.3, 0.4) is 0 Å². The number of rotatable bonds is 8. The van der Waals surface area contributed by atoms with Gasteiger partial charge in [-0.1, -0.05) is 30.3 Å². The Morgan fingerprint density at radius 2 is 1.84 bits per heavy atom. The van der Waals surface area contributed by atoms with Crippen molar-refractivity contribution in [2.75, 3.05) is 25.0 Å². The number of methoxy groups -OCH3 is 1. The average Bonchev–Trinajstić information content (AvgIpc) is 3.24. The van der Waals surface area contributed by atoms with Crippen LogP contribution in [0.4, 0.5) is 5.95 Å². The van der Waals surface area contributed by atoms with Gasteiger partial charge in [0.05, 0.1) is 5.25 Å². The summed E-state index contributed by atoms with van der Waals surface area (Å²) < 4.78 is 16.9. The lowest BCUT2D eigenvalue weighted by molar-refractivity contribution is 0.0704. The number of nitrogens with zero attached hydrogens (tertiary/aromatic N) is 5. The van der Waals surface area contributed by atoms with E-state index in [2.05, 4.69) is 48.5 Å². The molecule has 1 saturated heterocycles. The molecule has 3 heterocycles. The Morgan fingerprint density at radius 1 is 1.13 bits per heavy atom. The van der Waals surface area contributed by atoms with Gasteiger partial charge in [-0.15, -0.1) is 10.2 Å². The zero-order valence-electron chi connectivity index (χ0n) is 18.1. The zero-order valence-corrected chi connectivity index (χ0v) is 18.9. The molecule has 3 aromatic rings.